The quantitative estimate of drug-likeness (QED) is 0.554. The normalized spacial score (nSPS) is 13.9. The molecule has 0 saturated heterocycles. The molecular formula is C15H33NO. The van der Waals surface area contributed by atoms with Crippen molar-refractivity contribution < 1.29 is 4.74 Å². The molecule has 1 unspecified atom stereocenters. The van der Waals surface area contributed by atoms with Crippen molar-refractivity contribution in [2.24, 2.45) is 5.92 Å². The lowest BCUT2D eigenvalue weighted by Crippen LogP contribution is -2.40. The second-order valence-corrected chi connectivity index (χ2v) is 5.66. The molecule has 2 heteroatoms. The van der Waals surface area contributed by atoms with Crippen LogP contribution in [0.2, 0.25) is 0 Å². The molecule has 0 radical (unpaired) electrons. The van der Waals surface area contributed by atoms with Crippen LogP contribution in [0, 0.1) is 5.92 Å². The fourth-order valence-corrected chi connectivity index (χ4v) is 1.73. The number of unbranched alkanes of at least 4 members (excludes halogenated alkanes) is 1. The van der Waals surface area contributed by atoms with Gasteiger partial charge in [0.05, 0.1) is 6.61 Å². The van der Waals surface area contributed by atoms with Crippen LogP contribution >= 0.6 is 0 Å². The summed E-state index contributed by atoms with van der Waals surface area (Å²) in [6.45, 7) is 14.0. The second kappa shape index (κ2) is 9.90. The number of ether oxygens (including phenoxy) is 1. The highest BCUT2D eigenvalue weighted by molar-refractivity contribution is 4.74. The van der Waals surface area contributed by atoms with Crippen LogP contribution < -0.4 is 5.32 Å². The minimum Gasteiger partial charge on any atom is -0.380 e. The van der Waals surface area contributed by atoms with E-state index < -0.39 is 0 Å². The zero-order chi connectivity index (χ0) is 13.1. The Labute approximate surface area is 109 Å². The fraction of sp³-hybridized carbons (Fsp3) is 1.00. The predicted molar refractivity (Wildman–Crippen MR) is 76.5 cm³/mol. The SMILES string of the molecule is CCCCC(CC)COCCNC(C)(C)CC. The van der Waals surface area contributed by atoms with Crippen LogP contribution in [0.3, 0.4) is 0 Å². The van der Waals surface area contributed by atoms with E-state index in [9.17, 15) is 0 Å². The van der Waals surface area contributed by atoms with Crippen LogP contribution in [0.4, 0.5) is 0 Å². The van der Waals surface area contributed by atoms with Gasteiger partial charge in [0.25, 0.3) is 0 Å². The molecule has 104 valence electrons. The van der Waals surface area contributed by atoms with Gasteiger partial charge in [-0.1, -0.05) is 40.0 Å². The predicted octanol–water partition coefficient (Wildman–Crippen LogP) is 4.00. The third-order valence-corrected chi connectivity index (χ3v) is 3.63. The molecule has 0 aliphatic carbocycles. The summed E-state index contributed by atoms with van der Waals surface area (Å²) in [5, 5.41) is 3.52. The molecule has 0 saturated carbocycles. The number of rotatable bonds is 11. The average Bonchev–Trinajstić information content (AvgIpc) is 2.32. The van der Waals surface area contributed by atoms with Gasteiger partial charge in [0.15, 0.2) is 0 Å². The third kappa shape index (κ3) is 9.61. The highest BCUT2D eigenvalue weighted by Gasteiger charge is 2.12. The van der Waals surface area contributed by atoms with E-state index in [2.05, 4.69) is 39.9 Å². The Bertz CT molecular complexity index is 168. The molecule has 17 heavy (non-hydrogen) atoms. The van der Waals surface area contributed by atoms with E-state index in [0.717, 1.165) is 32.1 Å². The summed E-state index contributed by atoms with van der Waals surface area (Å²) in [5.41, 5.74) is 0.246. The van der Waals surface area contributed by atoms with Crippen molar-refractivity contribution in [1.82, 2.24) is 5.32 Å². The minimum absolute atomic E-state index is 0.246. The van der Waals surface area contributed by atoms with Crippen molar-refractivity contribution in [2.45, 2.75) is 72.3 Å². The van der Waals surface area contributed by atoms with Gasteiger partial charge in [0.1, 0.15) is 0 Å². The molecular weight excluding hydrogens is 210 g/mol. The topological polar surface area (TPSA) is 21.3 Å². The van der Waals surface area contributed by atoms with Gasteiger partial charge < -0.3 is 10.1 Å². The lowest BCUT2D eigenvalue weighted by Gasteiger charge is -2.24. The molecule has 1 N–H and O–H groups in total. The lowest BCUT2D eigenvalue weighted by atomic mass is 10.0. The first-order valence-corrected chi connectivity index (χ1v) is 7.38. The fourth-order valence-electron chi connectivity index (χ4n) is 1.73. The molecule has 1 atom stereocenters. The maximum Gasteiger partial charge on any atom is 0.0591 e. The van der Waals surface area contributed by atoms with Crippen LogP contribution in [0.5, 0.6) is 0 Å². The smallest absolute Gasteiger partial charge is 0.0591 e. The van der Waals surface area contributed by atoms with Crippen molar-refractivity contribution in [2.75, 3.05) is 19.8 Å². The second-order valence-electron chi connectivity index (χ2n) is 5.66. The average molecular weight is 243 g/mol. The Morgan fingerprint density at radius 1 is 1.18 bits per heavy atom. The van der Waals surface area contributed by atoms with Gasteiger partial charge in [-0.25, -0.2) is 0 Å². The zero-order valence-electron chi connectivity index (χ0n) is 12.6. The summed E-state index contributed by atoms with van der Waals surface area (Å²) in [4.78, 5) is 0. The van der Waals surface area contributed by atoms with E-state index in [1.165, 1.54) is 25.7 Å². The summed E-state index contributed by atoms with van der Waals surface area (Å²) < 4.78 is 5.76. The zero-order valence-corrected chi connectivity index (χ0v) is 12.6. The van der Waals surface area contributed by atoms with Gasteiger partial charge in [-0.2, -0.15) is 0 Å². The summed E-state index contributed by atoms with van der Waals surface area (Å²) >= 11 is 0. The first-order valence-electron chi connectivity index (χ1n) is 7.38. The first-order chi connectivity index (χ1) is 8.05. The number of hydrogen-bond donors (Lipinski definition) is 1. The Morgan fingerprint density at radius 3 is 2.41 bits per heavy atom. The molecule has 0 bridgehead atoms. The number of hydrogen-bond acceptors (Lipinski definition) is 2. The largest absolute Gasteiger partial charge is 0.380 e. The minimum atomic E-state index is 0.246. The van der Waals surface area contributed by atoms with Crippen LogP contribution in [0.25, 0.3) is 0 Å². The maximum atomic E-state index is 5.76. The van der Waals surface area contributed by atoms with Crippen molar-refractivity contribution in [3.8, 4) is 0 Å². The Hall–Kier alpha value is -0.0800. The summed E-state index contributed by atoms with van der Waals surface area (Å²) in [7, 11) is 0. The molecule has 2 nitrogen and oxygen atoms in total. The molecule has 0 spiro atoms. The van der Waals surface area contributed by atoms with E-state index in [1.807, 2.05) is 0 Å². The standard InChI is InChI=1S/C15H33NO/c1-6-9-10-14(7-2)13-17-12-11-16-15(4,5)8-3/h14,16H,6-13H2,1-5H3. The van der Waals surface area contributed by atoms with Crippen molar-refractivity contribution in [3.05, 3.63) is 0 Å². The Morgan fingerprint density at radius 2 is 1.88 bits per heavy atom. The molecule has 0 heterocycles. The molecule has 0 rings (SSSR count). The van der Waals surface area contributed by atoms with Crippen molar-refractivity contribution in [1.29, 1.82) is 0 Å². The summed E-state index contributed by atoms with van der Waals surface area (Å²) in [6.07, 6.45) is 6.35. The molecule has 0 amide bonds. The maximum absolute atomic E-state index is 5.76. The van der Waals surface area contributed by atoms with E-state index in [4.69, 9.17) is 4.74 Å². The molecule has 0 aromatic heterocycles. The van der Waals surface area contributed by atoms with Crippen LogP contribution in [0.15, 0.2) is 0 Å². The van der Waals surface area contributed by atoms with Crippen molar-refractivity contribution >= 4 is 0 Å². The Balaban J connectivity index is 3.48. The van der Waals surface area contributed by atoms with E-state index in [-0.39, 0.29) is 5.54 Å². The monoisotopic (exact) mass is 243 g/mol. The highest BCUT2D eigenvalue weighted by Crippen LogP contribution is 2.12. The van der Waals surface area contributed by atoms with Gasteiger partial charge >= 0.3 is 0 Å². The molecule has 0 aromatic rings. The van der Waals surface area contributed by atoms with E-state index in [1.54, 1.807) is 0 Å². The molecule has 0 aliphatic rings. The summed E-state index contributed by atoms with van der Waals surface area (Å²) in [5.74, 6) is 0.758. The molecule has 0 fully saturated rings. The van der Waals surface area contributed by atoms with Gasteiger partial charge in [0.2, 0.25) is 0 Å². The van der Waals surface area contributed by atoms with Crippen LogP contribution in [0.1, 0.15) is 66.7 Å². The van der Waals surface area contributed by atoms with Gasteiger partial charge in [-0.05, 0) is 32.6 Å². The summed E-state index contributed by atoms with van der Waals surface area (Å²) in [6, 6.07) is 0. The van der Waals surface area contributed by atoms with Crippen molar-refractivity contribution in [3.63, 3.8) is 0 Å². The Kier molecular flexibility index (Phi) is 9.85. The molecule has 0 aromatic carbocycles. The van der Waals surface area contributed by atoms with Gasteiger partial charge in [-0.15, -0.1) is 0 Å². The highest BCUT2D eigenvalue weighted by atomic mass is 16.5. The van der Waals surface area contributed by atoms with Crippen LogP contribution in [-0.4, -0.2) is 25.3 Å². The van der Waals surface area contributed by atoms with E-state index in [0.29, 0.717) is 0 Å². The molecule has 0 aliphatic heterocycles. The van der Waals surface area contributed by atoms with Gasteiger partial charge in [0, 0.05) is 18.7 Å². The lowest BCUT2D eigenvalue weighted by molar-refractivity contribution is 0.0915. The van der Waals surface area contributed by atoms with Crippen LogP contribution in [-0.2, 0) is 4.74 Å². The first kappa shape index (κ1) is 16.9. The van der Waals surface area contributed by atoms with E-state index >= 15 is 0 Å². The third-order valence-electron chi connectivity index (χ3n) is 3.63. The van der Waals surface area contributed by atoms with Gasteiger partial charge in [-0.3, -0.25) is 0 Å². The number of nitrogens with one attached hydrogen (secondary N) is 1.